The number of hydrogen-bond donors (Lipinski definition) is 2. The fourth-order valence-electron chi connectivity index (χ4n) is 1.31. The first-order chi connectivity index (χ1) is 7.66. The number of aromatic nitrogens is 1. The second-order valence-corrected chi connectivity index (χ2v) is 3.45. The van der Waals surface area contributed by atoms with Gasteiger partial charge in [0.2, 0.25) is 0 Å². The number of carboxylic acids is 1. The van der Waals surface area contributed by atoms with Gasteiger partial charge in [-0.3, -0.25) is 0 Å². The molecule has 0 unspecified atom stereocenters. The largest absolute Gasteiger partial charge is 0.478 e. The third-order valence-corrected chi connectivity index (χ3v) is 2.23. The third kappa shape index (κ3) is 2.06. The maximum atomic E-state index is 10.5. The molecule has 1 aromatic carbocycles. The number of rotatable bonds is 3. The molecule has 0 radical (unpaired) electrons. The second kappa shape index (κ2) is 4.10. The summed E-state index contributed by atoms with van der Waals surface area (Å²) in [5, 5.41) is 9.67. The monoisotopic (exact) mass is 217 g/mol. The van der Waals surface area contributed by atoms with Gasteiger partial charge in [-0.05, 0) is 31.2 Å². The summed E-state index contributed by atoms with van der Waals surface area (Å²) in [6, 6.07) is 7.44. The molecule has 1 aromatic heterocycles. The molecule has 4 nitrogen and oxygen atoms in total. The molecule has 0 amide bonds. The van der Waals surface area contributed by atoms with Crippen molar-refractivity contribution in [3.8, 4) is 5.75 Å². The van der Waals surface area contributed by atoms with Gasteiger partial charge in [0.15, 0.2) is 0 Å². The minimum atomic E-state index is -0.984. The smallest absolute Gasteiger partial charge is 0.334 e. The quantitative estimate of drug-likeness (QED) is 0.613. The zero-order chi connectivity index (χ0) is 11.5. The fourth-order valence-corrected chi connectivity index (χ4v) is 1.31. The van der Waals surface area contributed by atoms with Gasteiger partial charge in [-0.25, -0.2) is 4.79 Å². The van der Waals surface area contributed by atoms with Gasteiger partial charge >= 0.3 is 5.97 Å². The van der Waals surface area contributed by atoms with Crippen molar-refractivity contribution in [3.05, 3.63) is 42.3 Å². The van der Waals surface area contributed by atoms with E-state index in [-0.39, 0.29) is 5.57 Å². The van der Waals surface area contributed by atoms with Crippen LogP contribution in [0.5, 0.6) is 5.75 Å². The van der Waals surface area contributed by atoms with Crippen molar-refractivity contribution in [2.24, 2.45) is 0 Å². The van der Waals surface area contributed by atoms with Crippen molar-refractivity contribution < 1.29 is 14.6 Å². The zero-order valence-electron chi connectivity index (χ0n) is 8.73. The maximum absolute atomic E-state index is 10.5. The van der Waals surface area contributed by atoms with Crippen molar-refractivity contribution in [1.82, 2.24) is 4.98 Å². The number of carboxylic acid groups (broad SMARTS) is 1. The van der Waals surface area contributed by atoms with Gasteiger partial charge in [0.25, 0.3) is 0 Å². The number of benzene rings is 1. The SMILES string of the molecule is CC(=COc1ccc2[nH]ccc2c1)C(=O)O. The molecule has 0 saturated heterocycles. The van der Waals surface area contributed by atoms with Crippen LogP contribution in [0.1, 0.15) is 6.92 Å². The van der Waals surface area contributed by atoms with E-state index in [0.29, 0.717) is 5.75 Å². The Balaban J connectivity index is 2.21. The Bertz CT molecular complexity index is 554. The summed E-state index contributed by atoms with van der Waals surface area (Å²) in [5.74, 6) is -0.365. The van der Waals surface area contributed by atoms with Gasteiger partial charge in [-0.1, -0.05) is 0 Å². The lowest BCUT2D eigenvalue weighted by Gasteiger charge is -2.01. The summed E-state index contributed by atoms with van der Waals surface area (Å²) in [4.78, 5) is 13.6. The maximum Gasteiger partial charge on any atom is 0.334 e. The Morgan fingerprint density at radius 1 is 1.44 bits per heavy atom. The van der Waals surface area contributed by atoms with Crippen LogP contribution >= 0.6 is 0 Å². The van der Waals surface area contributed by atoms with Gasteiger partial charge < -0.3 is 14.8 Å². The molecule has 0 spiro atoms. The van der Waals surface area contributed by atoms with E-state index in [9.17, 15) is 4.79 Å². The minimum absolute atomic E-state index is 0.161. The number of fused-ring (bicyclic) bond motifs is 1. The minimum Gasteiger partial charge on any atom is -0.478 e. The van der Waals surface area contributed by atoms with E-state index >= 15 is 0 Å². The van der Waals surface area contributed by atoms with Crippen LogP contribution in [0.15, 0.2) is 42.3 Å². The van der Waals surface area contributed by atoms with E-state index in [2.05, 4.69) is 4.98 Å². The molecule has 0 fully saturated rings. The van der Waals surface area contributed by atoms with Gasteiger partial charge in [-0.15, -0.1) is 0 Å². The first-order valence-corrected chi connectivity index (χ1v) is 4.80. The first kappa shape index (κ1) is 10.3. The van der Waals surface area contributed by atoms with Gasteiger partial charge in [0, 0.05) is 17.1 Å². The predicted molar refractivity (Wildman–Crippen MR) is 60.3 cm³/mol. The molecule has 4 heteroatoms. The standard InChI is InChI=1S/C12H11NO3/c1-8(12(14)15)7-16-10-2-3-11-9(6-10)4-5-13-11/h2-7,13H,1H3,(H,14,15). The van der Waals surface area contributed by atoms with E-state index in [0.717, 1.165) is 10.9 Å². The zero-order valence-corrected chi connectivity index (χ0v) is 8.73. The Labute approximate surface area is 92.2 Å². The summed E-state index contributed by atoms with van der Waals surface area (Å²) in [6.07, 6.45) is 3.07. The summed E-state index contributed by atoms with van der Waals surface area (Å²) < 4.78 is 5.25. The molecule has 16 heavy (non-hydrogen) atoms. The average molecular weight is 217 g/mol. The fraction of sp³-hybridized carbons (Fsp3) is 0.0833. The van der Waals surface area contributed by atoms with E-state index in [4.69, 9.17) is 9.84 Å². The van der Waals surface area contributed by atoms with Crippen molar-refractivity contribution in [3.63, 3.8) is 0 Å². The number of H-pyrrole nitrogens is 1. The topological polar surface area (TPSA) is 62.3 Å². The second-order valence-electron chi connectivity index (χ2n) is 3.45. The van der Waals surface area contributed by atoms with Crippen molar-refractivity contribution in [1.29, 1.82) is 0 Å². The molecule has 0 saturated carbocycles. The van der Waals surface area contributed by atoms with E-state index < -0.39 is 5.97 Å². The number of nitrogens with one attached hydrogen (secondary N) is 1. The lowest BCUT2D eigenvalue weighted by molar-refractivity contribution is -0.132. The van der Waals surface area contributed by atoms with Gasteiger partial charge in [0.1, 0.15) is 12.0 Å². The summed E-state index contributed by atoms with van der Waals surface area (Å²) in [6.45, 7) is 1.48. The molecule has 2 rings (SSSR count). The molecule has 0 atom stereocenters. The third-order valence-electron chi connectivity index (χ3n) is 2.23. The predicted octanol–water partition coefficient (Wildman–Crippen LogP) is 2.54. The van der Waals surface area contributed by atoms with Crippen LogP contribution in [0.4, 0.5) is 0 Å². The normalized spacial score (nSPS) is 11.7. The van der Waals surface area contributed by atoms with Gasteiger partial charge in [-0.2, -0.15) is 0 Å². The molecule has 2 aromatic rings. The highest BCUT2D eigenvalue weighted by atomic mass is 16.5. The molecular formula is C12H11NO3. The average Bonchev–Trinajstić information content (AvgIpc) is 2.72. The first-order valence-electron chi connectivity index (χ1n) is 4.80. The molecule has 0 aliphatic heterocycles. The summed E-state index contributed by atoms with van der Waals surface area (Å²) in [5.41, 5.74) is 1.18. The van der Waals surface area contributed by atoms with E-state index in [1.54, 1.807) is 6.07 Å². The Kier molecular flexibility index (Phi) is 2.64. The summed E-state index contributed by atoms with van der Waals surface area (Å²) >= 11 is 0. The molecule has 82 valence electrons. The molecule has 1 heterocycles. The van der Waals surface area contributed by atoms with Gasteiger partial charge in [0.05, 0.1) is 5.57 Å². The molecule has 0 aliphatic rings. The molecule has 0 aliphatic carbocycles. The van der Waals surface area contributed by atoms with E-state index in [1.165, 1.54) is 13.2 Å². The number of aromatic amines is 1. The van der Waals surface area contributed by atoms with Crippen LogP contribution in [0.25, 0.3) is 10.9 Å². The van der Waals surface area contributed by atoms with Crippen LogP contribution < -0.4 is 4.74 Å². The van der Waals surface area contributed by atoms with Crippen molar-refractivity contribution in [2.75, 3.05) is 0 Å². The highest BCUT2D eigenvalue weighted by Gasteiger charge is 2.01. The molecular weight excluding hydrogens is 206 g/mol. The number of carbonyl (C=O) groups is 1. The van der Waals surface area contributed by atoms with Crippen LogP contribution in [-0.2, 0) is 4.79 Å². The highest BCUT2D eigenvalue weighted by molar-refractivity contribution is 5.85. The number of aliphatic carboxylic acids is 1. The lowest BCUT2D eigenvalue weighted by atomic mass is 10.2. The summed E-state index contributed by atoms with van der Waals surface area (Å²) in [7, 11) is 0. The van der Waals surface area contributed by atoms with Crippen LogP contribution in [0.2, 0.25) is 0 Å². The van der Waals surface area contributed by atoms with Crippen LogP contribution in [-0.4, -0.2) is 16.1 Å². The van der Waals surface area contributed by atoms with Crippen molar-refractivity contribution in [2.45, 2.75) is 6.92 Å². The molecule has 0 bridgehead atoms. The Hall–Kier alpha value is -2.23. The van der Waals surface area contributed by atoms with E-state index in [1.807, 2.05) is 24.4 Å². The number of hydrogen-bond acceptors (Lipinski definition) is 2. The van der Waals surface area contributed by atoms with Crippen LogP contribution in [0.3, 0.4) is 0 Å². The lowest BCUT2D eigenvalue weighted by Crippen LogP contribution is -1.97. The molecule has 2 N–H and O–H groups in total. The van der Waals surface area contributed by atoms with Crippen molar-refractivity contribution >= 4 is 16.9 Å². The Morgan fingerprint density at radius 2 is 2.25 bits per heavy atom. The highest BCUT2D eigenvalue weighted by Crippen LogP contribution is 2.19. The Morgan fingerprint density at radius 3 is 3.00 bits per heavy atom. The van der Waals surface area contributed by atoms with Crippen LogP contribution in [0, 0.1) is 0 Å². The number of ether oxygens (including phenoxy) is 1.